The monoisotopic (exact) mass is 343 g/mol. The highest BCUT2D eigenvalue weighted by Crippen LogP contribution is 2.31. The van der Waals surface area contributed by atoms with Gasteiger partial charge in [-0.25, -0.2) is 0 Å². The highest BCUT2D eigenvalue weighted by molar-refractivity contribution is 9.10. The molecule has 1 aromatic carbocycles. The maximum Gasteiger partial charge on any atom is 0.166 e. The van der Waals surface area contributed by atoms with Crippen molar-refractivity contribution in [1.82, 2.24) is 4.98 Å². The van der Waals surface area contributed by atoms with Crippen LogP contribution in [0.3, 0.4) is 0 Å². The SMILES string of the molecule is Cc1cc2c(cc1C)C(=O)C(Cc1ccncc1Br)CC2. The third kappa shape index (κ3) is 2.80. The number of carbonyl (C=O) groups is 1. The van der Waals surface area contributed by atoms with Gasteiger partial charge in [0.1, 0.15) is 0 Å². The summed E-state index contributed by atoms with van der Waals surface area (Å²) < 4.78 is 0.990. The molecule has 2 aromatic rings. The number of Topliss-reactive ketones (excluding diaryl/α,β-unsaturated/α-hetero) is 1. The van der Waals surface area contributed by atoms with E-state index in [1.54, 1.807) is 12.4 Å². The average molecular weight is 344 g/mol. The third-order valence-electron chi connectivity index (χ3n) is 4.44. The molecule has 0 N–H and O–H groups in total. The van der Waals surface area contributed by atoms with Gasteiger partial charge in [0.05, 0.1) is 0 Å². The minimum absolute atomic E-state index is 0.0818. The number of halogens is 1. The number of benzene rings is 1. The first-order chi connectivity index (χ1) is 10.1. The smallest absolute Gasteiger partial charge is 0.166 e. The molecule has 1 unspecified atom stereocenters. The zero-order chi connectivity index (χ0) is 15.0. The second-order valence-corrected chi connectivity index (χ2v) is 6.72. The molecule has 0 fully saturated rings. The molecule has 1 aliphatic carbocycles. The zero-order valence-electron chi connectivity index (χ0n) is 12.3. The molecule has 3 heteroatoms. The summed E-state index contributed by atoms with van der Waals surface area (Å²) >= 11 is 3.52. The normalized spacial score (nSPS) is 17.7. The molecule has 0 saturated carbocycles. The summed E-state index contributed by atoms with van der Waals surface area (Å²) in [5, 5.41) is 0. The molecular formula is C18H18BrNO. The molecule has 0 aliphatic heterocycles. The summed E-state index contributed by atoms with van der Waals surface area (Å²) in [4.78, 5) is 16.8. The van der Waals surface area contributed by atoms with Crippen LogP contribution in [0.5, 0.6) is 0 Å². The van der Waals surface area contributed by atoms with Gasteiger partial charge in [-0.15, -0.1) is 0 Å². The number of ketones is 1. The number of nitrogens with zero attached hydrogens (tertiary/aromatic N) is 1. The van der Waals surface area contributed by atoms with Crippen molar-refractivity contribution < 1.29 is 4.79 Å². The molecule has 1 aliphatic rings. The number of aryl methyl sites for hydroxylation is 3. The number of fused-ring (bicyclic) bond motifs is 1. The first-order valence-electron chi connectivity index (χ1n) is 7.29. The van der Waals surface area contributed by atoms with Gasteiger partial charge < -0.3 is 0 Å². The summed E-state index contributed by atoms with van der Waals surface area (Å²) in [7, 11) is 0. The van der Waals surface area contributed by atoms with Crippen LogP contribution >= 0.6 is 15.9 Å². The van der Waals surface area contributed by atoms with Crippen LogP contribution in [-0.4, -0.2) is 10.8 Å². The quantitative estimate of drug-likeness (QED) is 0.806. The van der Waals surface area contributed by atoms with Crippen LogP contribution < -0.4 is 0 Å². The Labute approximate surface area is 133 Å². The first-order valence-corrected chi connectivity index (χ1v) is 8.08. The molecule has 0 saturated heterocycles. The summed E-state index contributed by atoms with van der Waals surface area (Å²) in [6, 6.07) is 6.25. The number of hydrogen-bond donors (Lipinski definition) is 0. The summed E-state index contributed by atoms with van der Waals surface area (Å²) in [6.45, 7) is 4.19. The lowest BCUT2D eigenvalue weighted by Crippen LogP contribution is -2.25. The fraction of sp³-hybridized carbons (Fsp3) is 0.333. The van der Waals surface area contributed by atoms with Crippen molar-refractivity contribution in [2.24, 2.45) is 5.92 Å². The predicted molar refractivity (Wildman–Crippen MR) is 87.7 cm³/mol. The van der Waals surface area contributed by atoms with E-state index in [0.717, 1.165) is 34.9 Å². The predicted octanol–water partition coefficient (Wildman–Crippen LogP) is 4.45. The van der Waals surface area contributed by atoms with Crippen molar-refractivity contribution in [1.29, 1.82) is 0 Å². The molecule has 3 rings (SSSR count). The second-order valence-electron chi connectivity index (χ2n) is 5.86. The van der Waals surface area contributed by atoms with E-state index in [1.165, 1.54) is 16.7 Å². The Morgan fingerprint density at radius 2 is 2.05 bits per heavy atom. The number of rotatable bonds is 2. The number of aromatic nitrogens is 1. The molecule has 1 atom stereocenters. The number of carbonyl (C=O) groups excluding carboxylic acids is 1. The van der Waals surface area contributed by atoms with Crippen molar-refractivity contribution in [3.63, 3.8) is 0 Å². The Hall–Kier alpha value is -1.48. The largest absolute Gasteiger partial charge is 0.294 e. The van der Waals surface area contributed by atoms with Crippen molar-refractivity contribution in [3.05, 3.63) is 62.9 Å². The van der Waals surface area contributed by atoms with E-state index in [9.17, 15) is 4.79 Å². The molecule has 1 aromatic heterocycles. The molecule has 0 spiro atoms. The minimum atomic E-state index is 0.0818. The van der Waals surface area contributed by atoms with Crippen molar-refractivity contribution in [2.75, 3.05) is 0 Å². The number of hydrogen-bond acceptors (Lipinski definition) is 2. The van der Waals surface area contributed by atoms with Crippen LogP contribution in [0, 0.1) is 19.8 Å². The molecule has 2 nitrogen and oxygen atoms in total. The maximum absolute atomic E-state index is 12.8. The van der Waals surface area contributed by atoms with E-state index in [0.29, 0.717) is 5.78 Å². The molecule has 108 valence electrons. The lowest BCUT2D eigenvalue weighted by Gasteiger charge is -2.24. The molecule has 21 heavy (non-hydrogen) atoms. The fourth-order valence-corrected chi connectivity index (χ4v) is 3.43. The standard InChI is InChI=1S/C18H18BrNO/c1-11-7-13-3-4-15(18(21)16(13)8-12(11)2)9-14-5-6-20-10-17(14)19/h5-8,10,15H,3-4,9H2,1-2H3. The molecular weight excluding hydrogens is 326 g/mol. The van der Waals surface area contributed by atoms with Gasteiger partial charge in [-0.05, 0) is 83.4 Å². The van der Waals surface area contributed by atoms with Crippen LogP contribution in [0.2, 0.25) is 0 Å². The minimum Gasteiger partial charge on any atom is -0.294 e. The van der Waals surface area contributed by atoms with Crippen LogP contribution in [-0.2, 0) is 12.8 Å². The molecule has 0 amide bonds. The van der Waals surface area contributed by atoms with Gasteiger partial charge in [0.25, 0.3) is 0 Å². The average Bonchev–Trinajstić information content (AvgIpc) is 2.46. The zero-order valence-corrected chi connectivity index (χ0v) is 13.9. The van der Waals surface area contributed by atoms with E-state index in [-0.39, 0.29) is 5.92 Å². The highest BCUT2D eigenvalue weighted by Gasteiger charge is 2.28. The van der Waals surface area contributed by atoms with Gasteiger partial charge >= 0.3 is 0 Å². The Morgan fingerprint density at radius 3 is 2.81 bits per heavy atom. The van der Waals surface area contributed by atoms with Crippen molar-refractivity contribution in [2.45, 2.75) is 33.1 Å². The van der Waals surface area contributed by atoms with Gasteiger partial charge in [0.15, 0.2) is 5.78 Å². The van der Waals surface area contributed by atoms with Gasteiger partial charge in [0.2, 0.25) is 0 Å². The van der Waals surface area contributed by atoms with Gasteiger partial charge in [-0.2, -0.15) is 0 Å². The maximum atomic E-state index is 12.8. The van der Waals surface area contributed by atoms with Crippen molar-refractivity contribution in [3.8, 4) is 0 Å². The molecule has 0 radical (unpaired) electrons. The summed E-state index contributed by atoms with van der Waals surface area (Å²) in [5.41, 5.74) is 5.79. The first kappa shape index (κ1) is 14.5. The summed E-state index contributed by atoms with van der Waals surface area (Å²) in [6.07, 6.45) is 6.30. The number of pyridine rings is 1. The summed E-state index contributed by atoms with van der Waals surface area (Å²) in [5.74, 6) is 0.376. The Bertz CT molecular complexity index is 708. The van der Waals surface area contributed by atoms with Crippen LogP contribution in [0.4, 0.5) is 0 Å². The Kier molecular flexibility index (Phi) is 3.94. The Balaban J connectivity index is 1.89. The molecule has 1 heterocycles. The molecule has 0 bridgehead atoms. The van der Waals surface area contributed by atoms with E-state index < -0.39 is 0 Å². The van der Waals surface area contributed by atoms with Crippen molar-refractivity contribution >= 4 is 21.7 Å². The van der Waals surface area contributed by atoms with Crippen LogP contribution in [0.15, 0.2) is 35.1 Å². The van der Waals surface area contributed by atoms with Gasteiger partial charge in [-0.3, -0.25) is 9.78 Å². The van der Waals surface area contributed by atoms with E-state index in [2.05, 4.69) is 46.9 Å². The Morgan fingerprint density at radius 1 is 1.29 bits per heavy atom. The van der Waals surface area contributed by atoms with Crippen LogP contribution in [0.1, 0.15) is 39.0 Å². The fourth-order valence-electron chi connectivity index (χ4n) is 3.02. The van der Waals surface area contributed by atoms with Gasteiger partial charge in [0, 0.05) is 28.3 Å². The van der Waals surface area contributed by atoms with Crippen LogP contribution in [0.25, 0.3) is 0 Å². The van der Waals surface area contributed by atoms with E-state index in [1.807, 2.05) is 6.07 Å². The lowest BCUT2D eigenvalue weighted by atomic mass is 9.78. The highest BCUT2D eigenvalue weighted by atomic mass is 79.9. The third-order valence-corrected chi connectivity index (χ3v) is 5.15. The van der Waals surface area contributed by atoms with Gasteiger partial charge in [-0.1, -0.05) is 6.07 Å². The topological polar surface area (TPSA) is 30.0 Å². The second kappa shape index (κ2) is 5.72. The van der Waals surface area contributed by atoms with E-state index in [4.69, 9.17) is 0 Å². The van der Waals surface area contributed by atoms with E-state index >= 15 is 0 Å². The lowest BCUT2D eigenvalue weighted by molar-refractivity contribution is 0.0901.